The normalized spacial score (nSPS) is 19.3. The minimum absolute atomic E-state index is 0.498. The van der Waals surface area contributed by atoms with E-state index in [9.17, 15) is 0 Å². The third-order valence-electron chi connectivity index (χ3n) is 4.86. The molecule has 1 saturated heterocycles. The lowest BCUT2D eigenvalue weighted by atomic mass is 9.97. The highest BCUT2D eigenvalue weighted by Crippen LogP contribution is 2.29. The SMILES string of the molecule is CCN1CCCC(c2nccn2-c2cccc3cccnc23)C1. The third kappa shape index (κ3) is 2.63. The van der Waals surface area contributed by atoms with Gasteiger partial charge < -0.3 is 9.47 Å². The van der Waals surface area contributed by atoms with E-state index in [4.69, 9.17) is 4.98 Å². The molecule has 4 heteroatoms. The summed E-state index contributed by atoms with van der Waals surface area (Å²) < 4.78 is 2.24. The second kappa shape index (κ2) is 6.13. The van der Waals surface area contributed by atoms with Gasteiger partial charge in [-0.25, -0.2) is 4.98 Å². The number of benzene rings is 1. The summed E-state index contributed by atoms with van der Waals surface area (Å²) in [7, 11) is 0. The predicted octanol–water partition coefficient (Wildman–Crippen LogP) is 3.62. The zero-order valence-corrected chi connectivity index (χ0v) is 13.5. The summed E-state index contributed by atoms with van der Waals surface area (Å²) in [6, 6.07) is 10.5. The van der Waals surface area contributed by atoms with Gasteiger partial charge in [-0.1, -0.05) is 25.1 Å². The van der Waals surface area contributed by atoms with Crippen LogP contribution in [0.2, 0.25) is 0 Å². The van der Waals surface area contributed by atoms with Crippen LogP contribution in [0.5, 0.6) is 0 Å². The van der Waals surface area contributed by atoms with E-state index in [1.807, 2.05) is 18.5 Å². The number of pyridine rings is 1. The lowest BCUT2D eigenvalue weighted by Crippen LogP contribution is -2.35. The first-order valence-electron chi connectivity index (χ1n) is 8.46. The number of piperidine rings is 1. The summed E-state index contributed by atoms with van der Waals surface area (Å²) in [5.74, 6) is 1.67. The molecule has 0 bridgehead atoms. The van der Waals surface area contributed by atoms with Gasteiger partial charge in [-0.15, -0.1) is 0 Å². The van der Waals surface area contributed by atoms with Crippen molar-refractivity contribution in [2.24, 2.45) is 0 Å². The Bertz CT molecular complexity index is 802. The molecule has 1 aromatic carbocycles. The van der Waals surface area contributed by atoms with Gasteiger partial charge in [-0.05, 0) is 38.1 Å². The van der Waals surface area contributed by atoms with Crippen LogP contribution in [-0.2, 0) is 0 Å². The van der Waals surface area contributed by atoms with Crippen LogP contribution in [0.1, 0.15) is 31.5 Å². The highest BCUT2D eigenvalue weighted by atomic mass is 15.1. The van der Waals surface area contributed by atoms with Crippen LogP contribution >= 0.6 is 0 Å². The molecule has 118 valence electrons. The molecule has 0 N–H and O–H groups in total. The topological polar surface area (TPSA) is 34.0 Å². The number of fused-ring (bicyclic) bond motifs is 1. The van der Waals surface area contributed by atoms with E-state index in [2.05, 4.69) is 51.8 Å². The van der Waals surface area contributed by atoms with Crippen LogP contribution < -0.4 is 0 Å². The van der Waals surface area contributed by atoms with Gasteiger partial charge in [0.15, 0.2) is 0 Å². The first-order valence-corrected chi connectivity index (χ1v) is 8.46. The number of likely N-dealkylation sites (tertiary alicyclic amines) is 1. The highest BCUT2D eigenvalue weighted by molar-refractivity contribution is 5.86. The fourth-order valence-corrected chi connectivity index (χ4v) is 3.66. The lowest BCUT2D eigenvalue weighted by molar-refractivity contribution is 0.213. The number of hydrogen-bond acceptors (Lipinski definition) is 3. The molecule has 4 rings (SSSR count). The Morgan fingerprint density at radius 2 is 2.04 bits per heavy atom. The molecule has 23 heavy (non-hydrogen) atoms. The highest BCUT2D eigenvalue weighted by Gasteiger charge is 2.24. The van der Waals surface area contributed by atoms with Crippen molar-refractivity contribution in [3.05, 3.63) is 54.7 Å². The summed E-state index contributed by atoms with van der Waals surface area (Å²) in [5, 5.41) is 1.17. The molecular weight excluding hydrogens is 284 g/mol. The molecule has 1 aliphatic heterocycles. The molecule has 0 amide bonds. The molecule has 4 nitrogen and oxygen atoms in total. The van der Waals surface area contributed by atoms with Gasteiger partial charge in [0.2, 0.25) is 0 Å². The zero-order chi connectivity index (χ0) is 15.6. The van der Waals surface area contributed by atoms with Crippen LogP contribution in [0.4, 0.5) is 0 Å². The summed E-state index contributed by atoms with van der Waals surface area (Å²) in [5.41, 5.74) is 2.17. The van der Waals surface area contributed by atoms with Gasteiger partial charge in [0.05, 0.1) is 11.2 Å². The number of hydrogen-bond donors (Lipinski definition) is 0. The molecule has 0 saturated carbocycles. The molecular formula is C19H22N4. The largest absolute Gasteiger partial charge is 0.303 e. The Kier molecular flexibility index (Phi) is 3.83. The van der Waals surface area contributed by atoms with E-state index >= 15 is 0 Å². The molecule has 2 aromatic heterocycles. The summed E-state index contributed by atoms with van der Waals surface area (Å²) in [4.78, 5) is 11.8. The smallest absolute Gasteiger partial charge is 0.117 e. The third-order valence-corrected chi connectivity index (χ3v) is 4.86. The van der Waals surface area contributed by atoms with Gasteiger partial charge in [0.25, 0.3) is 0 Å². The van der Waals surface area contributed by atoms with E-state index in [1.165, 1.54) is 30.6 Å². The van der Waals surface area contributed by atoms with E-state index in [1.54, 1.807) is 0 Å². The predicted molar refractivity (Wildman–Crippen MR) is 93.0 cm³/mol. The number of nitrogens with zero attached hydrogens (tertiary/aromatic N) is 4. The Labute approximate surface area is 136 Å². The fourth-order valence-electron chi connectivity index (χ4n) is 3.66. The second-order valence-corrected chi connectivity index (χ2v) is 6.24. The van der Waals surface area contributed by atoms with Crippen LogP contribution in [0.25, 0.3) is 16.6 Å². The Morgan fingerprint density at radius 1 is 1.13 bits per heavy atom. The molecule has 0 radical (unpaired) electrons. The van der Waals surface area contributed by atoms with Gasteiger partial charge in [-0.2, -0.15) is 0 Å². The van der Waals surface area contributed by atoms with E-state index in [0.717, 1.165) is 24.3 Å². The van der Waals surface area contributed by atoms with Crippen molar-refractivity contribution >= 4 is 10.9 Å². The molecule has 1 aliphatic rings. The van der Waals surface area contributed by atoms with Crippen molar-refractivity contribution in [1.82, 2.24) is 19.4 Å². The lowest BCUT2D eigenvalue weighted by Gasteiger charge is -2.31. The van der Waals surface area contributed by atoms with Crippen molar-refractivity contribution in [2.45, 2.75) is 25.7 Å². The summed E-state index contributed by atoms with van der Waals surface area (Å²) in [6.45, 7) is 5.67. The van der Waals surface area contributed by atoms with Crippen LogP contribution in [0.15, 0.2) is 48.9 Å². The maximum absolute atomic E-state index is 4.70. The van der Waals surface area contributed by atoms with Crippen molar-refractivity contribution in [1.29, 1.82) is 0 Å². The quantitative estimate of drug-likeness (QED) is 0.741. The minimum Gasteiger partial charge on any atom is -0.303 e. The van der Waals surface area contributed by atoms with E-state index < -0.39 is 0 Å². The molecule has 3 aromatic rings. The summed E-state index contributed by atoms with van der Waals surface area (Å²) in [6.07, 6.45) is 8.32. The first-order chi connectivity index (χ1) is 11.4. The molecule has 1 fully saturated rings. The molecule has 0 spiro atoms. The van der Waals surface area contributed by atoms with Crippen LogP contribution in [-0.4, -0.2) is 39.1 Å². The van der Waals surface area contributed by atoms with Gasteiger partial charge in [0, 0.05) is 36.4 Å². The Balaban J connectivity index is 1.77. The monoisotopic (exact) mass is 306 g/mol. The number of rotatable bonds is 3. The van der Waals surface area contributed by atoms with Crippen molar-refractivity contribution in [3.63, 3.8) is 0 Å². The number of para-hydroxylation sites is 1. The molecule has 0 aliphatic carbocycles. The Hall–Kier alpha value is -2.20. The average molecular weight is 306 g/mol. The van der Waals surface area contributed by atoms with Crippen molar-refractivity contribution in [3.8, 4) is 5.69 Å². The van der Waals surface area contributed by atoms with E-state index in [0.29, 0.717) is 5.92 Å². The van der Waals surface area contributed by atoms with E-state index in [-0.39, 0.29) is 0 Å². The molecule has 1 unspecified atom stereocenters. The fraction of sp³-hybridized carbons (Fsp3) is 0.368. The molecule has 1 atom stereocenters. The van der Waals surface area contributed by atoms with Gasteiger partial charge >= 0.3 is 0 Å². The van der Waals surface area contributed by atoms with Crippen LogP contribution in [0, 0.1) is 0 Å². The van der Waals surface area contributed by atoms with Crippen LogP contribution in [0.3, 0.4) is 0 Å². The Morgan fingerprint density at radius 3 is 2.96 bits per heavy atom. The maximum Gasteiger partial charge on any atom is 0.117 e. The standard InChI is InChI=1S/C19H22N4/c1-2-22-12-5-8-16(14-22)19-21-11-13-23(19)17-9-3-6-15-7-4-10-20-18(15)17/h3-4,6-7,9-11,13,16H,2,5,8,12,14H2,1H3. The average Bonchev–Trinajstić information content (AvgIpc) is 3.11. The minimum atomic E-state index is 0.498. The van der Waals surface area contributed by atoms with Crippen molar-refractivity contribution < 1.29 is 0 Å². The zero-order valence-electron chi connectivity index (χ0n) is 13.5. The van der Waals surface area contributed by atoms with Crippen molar-refractivity contribution in [2.75, 3.05) is 19.6 Å². The summed E-state index contributed by atoms with van der Waals surface area (Å²) >= 11 is 0. The van der Waals surface area contributed by atoms with Gasteiger partial charge in [-0.3, -0.25) is 4.98 Å². The number of imidazole rings is 1. The second-order valence-electron chi connectivity index (χ2n) is 6.24. The number of aromatic nitrogens is 3. The first kappa shape index (κ1) is 14.4. The van der Waals surface area contributed by atoms with Gasteiger partial charge in [0.1, 0.15) is 5.82 Å². The molecule has 3 heterocycles. The number of likely N-dealkylation sites (N-methyl/N-ethyl adjacent to an activating group) is 1. The maximum atomic E-state index is 4.70.